The molecule has 1 atom stereocenters. The molecule has 60 valence electrons. The average molecular weight is 216 g/mol. The number of aliphatic hydroxyl groups is 1. The van der Waals surface area contributed by atoms with Crippen molar-refractivity contribution in [3.8, 4) is 0 Å². The van der Waals surface area contributed by atoms with Crippen LogP contribution in [-0.4, -0.2) is 16.2 Å². The van der Waals surface area contributed by atoms with E-state index in [1.54, 1.807) is 13.1 Å². The van der Waals surface area contributed by atoms with E-state index in [1.165, 1.54) is 0 Å². The topological polar surface area (TPSA) is 33.1 Å². The van der Waals surface area contributed by atoms with E-state index in [0.29, 0.717) is 6.42 Å². The number of aromatic nitrogens is 1. The summed E-state index contributed by atoms with van der Waals surface area (Å²) in [5.41, 5.74) is 1.04. The maximum atomic E-state index is 9.08. The Morgan fingerprint density at radius 1 is 1.73 bits per heavy atom. The Kier molecular flexibility index (Phi) is 3.02. The van der Waals surface area contributed by atoms with Gasteiger partial charge >= 0.3 is 0 Å². The Hall–Kier alpha value is -0.410. The van der Waals surface area contributed by atoms with Crippen molar-refractivity contribution in [3.63, 3.8) is 0 Å². The fourth-order valence-electron chi connectivity index (χ4n) is 0.890. The lowest BCUT2D eigenvalue weighted by molar-refractivity contribution is 0.195. The van der Waals surface area contributed by atoms with Gasteiger partial charge in [-0.05, 0) is 34.5 Å². The van der Waals surface area contributed by atoms with Crippen molar-refractivity contribution in [2.75, 3.05) is 0 Å². The Morgan fingerprint density at radius 3 is 3.00 bits per heavy atom. The van der Waals surface area contributed by atoms with E-state index in [4.69, 9.17) is 5.11 Å². The van der Waals surface area contributed by atoms with E-state index in [2.05, 4.69) is 20.9 Å². The van der Waals surface area contributed by atoms with Crippen LogP contribution in [0.2, 0.25) is 0 Å². The van der Waals surface area contributed by atoms with Gasteiger partial charge in [0.05, 0.1) is 6.10 Å². The maximum absolute atomic E-state index is 9.08. The Bertz CT molecular complexity index is 237. The summed E-state index contributed by atoms with van der Waals surface area (Å²) in [6.45, 7) is 1.76. The first-order valence-corrected chi connectivity index (χ1v) is 4.27. The van der Waals surface area contributed by atoms with Crippen molar-refractivity contribution < 1.29 is 5.11 Å². The number of hydrogen-bond acceptors (Lipinski definition) is 2. The zero-order chi connectivity index (χ0) is 8.27. The van der Waals surface area contributed by atoms with Gasteiger partial charge in [0.1, 0.15) is 4.60 Å². The van der Waals surface area contributed by atoms with Crippen LogP contribution in [-0.2, 0) is 6.42 Å². The standard InChI is InChI=1S/C8H10BrNO/c1-6(11)5-7-3-2-4-10-8(7)9/h2-4,6,11H,5H2,1H3/t6-/m0/s1. The molecule has 0 radical (unpaired) electrons. The molecule has 0 unspecified atom stereocenters. The SMILES string of the molecule is C[C@H](O)Cc1cccnc1Br. The molecule has 0 aromatic carbocycles. The highest BCUT2D eigenvalue weighted by atomic mass is 79.9. The lowest BCUT2D eigenvalue weighted by Crippen LogP contribution is -2.04. The molecule has 0 aliphatic heterocycles. The van der Waals surface area contributed by atoms with Gasteiger partial charge in [-0.1, -0.05) is 6.07 Å². The third-order valence-electron chi connectivity index (χ3n) is 1.35. The van der Waals surface area contributed by atoms with Crippen molar-refractivity contribution in [2.24, 2.45) is 0 Å². The first-order valence-electron chi connectivity index (χ1n) is 3.47. The third-order valence-corrected chi connectivity index (χ3v) is 2.07. The summed E-state index contributed by atoms with van der Waals surface area (Å²) in [5, 5.41) is 9.08. The highest BCUT2D eigenvalue weighted by Gasteiger charge is 2.02. The molecular formula is C8H10BrNO. The van der Waals surface area contributed by atoms with Crippen LogP contribution in [0.15, 0.2) is 22.9 Å². The fourth-order valence-corrected chi connectivity index (χ4v) is 1.30. The molecule has 0 saturated heterocycles. The van der Waals surface area contributed by atoms with Gasteiger partial charge in [0, 0.05) is 12.6 Å². The van der Waals surface area contributed by atoms with Gasteiger partial charge in [-0.15, -0.1) is 0 Å². The van der Waals surface area contributed by atoms with E-state index >= 15 is 0 Å². The first-order chi connectivity index (χ1) is 5.20. The van der Waals surface area contributed by atoms with Gasteiger partial charge in [-0.2, -0.15) is 0 Å². The summed E-state index contributed by atoms with van der Waals surface area (Å²) >= 11 is 3.30. The second-order valence-corrected chi connectivity index (χ2v) is 3.26. The van der Waals surface area contributed by atoms with E-state index < -0.39 is 0 Å². The zero-order valence-corrected chi connectivity index (χ0v) is 7.87. The van der Waals surface area contributed by atoms with Crippen LogP contribution < -0.4 is 0 Å². The predicted octanol–water partition coefficient (Wildman–Crippen LogP) is 1.77. The second kappa shape index (κ2) is 3.83. The van der Waals surface area contributed by atoms with Crippen molar-refractivity contribution in [1.82, 2.24) is 4.98 Å². The van der Waals surface area contributed by atoms with E-state index in [9.17, 15) is 0 Å². The molecule has 11 heavy (non-hydrogen) atoms. The highest BCUT2D eigenvalue weighted by molar-refractivity contribution is 9.10. The summed E-state index contributed by atoms with van der Waals surface area (Å²) in [4.78, 5) is 4.04. The molecule has 2 nitrogen and oxygen atoms in total. The molecule has 0 aliphatic carbocycles. The van der Waals surface area contributed by atoms with Crippen molar-refractivity contribution >= 4 is 15.9 Å². The van der Waals surface area contributed by atoms with Crippen molar-refractivity contribution in [2.45, 2.75) is 19.4 Å². The molecule has 1 aromatic rings. The molecular weight excluding hydrogens is 206 g/mol. The number of pyridine rings is 1. The van der Waals surface area contributed by atoms with Crippen LogP contribution >= 0.6 is 15.9 Å². The Morgan fingerprint density at radius 2 is 2.45 bits per heavy atom. The molecule has 0 bridgehead atoms. The smallest absolute Gasteiger partial charge is 0.109 e. The zero-order valence-electron chi connectivity index (χ0n) is 6.29. The van der Waals surface area contributed by atoms with Gasteiger partial charge in [0.25, 0.3) is 0 Å². The minimum atomic E-state index is -0.310. The van der Waals surface area contributed by atoms with Gasteiger partial charge < -0.3 is 5.11 Å². The van der Waals surface area contributed by atoms with Gasteiger partial charge in [0.2, 0.25) is 0 Å². The molecule has 0 saturated carbocycles. The van der Waals surface area contributed by atoms with Crippen molar-refractivity contribution in [3.05, 3.63) is 28.5 Å². The summed E-state index contributed by atoms with van der Waals surface area (Å²) in [6.07, 6.45) is 2.06. The molecule has 1 aromatic heterocycles. The normalized spacial score (nSPS) is 13.0. The van der Waals surface area contributed by atoms with Crippen LogP contribution in [0, 0.1) is 0 Å². The highest BCUT2D eigenvalue weighted by Crippen LogP contribution is 2.13. The van der Waals surface area contributed by atoms with Gasteiger partial charge in [-0.3, -0.25) is 0 Å². The number of halogens is 1. The van der Waals surface area contributed by atoms with E-state index in [1.807, 2.05) is 12.1 Å². The lowest BCUT2D eigenvalue weighted by atomic mass is 10.1. The lowest BCUT2D eigenvalue weighted by Gasteiger charge is -2.04. The van der Waals surface area contributed by atoms with Crippen LogP contribution in [0.25, 0.3) is 0 Å². The number of rotatable bonds is 2. The summed E-state index contributed by atoms with van der Waals surface area (Å²) in [7, 11) is 0. The molecule has 1 rings (SSSR count). The maximum Gasteiger partial charge on any atom is 0.109 e. The summed E-state index contributed by atoms with van der Waals surface area (Å²) < 4.78 is 0.820. The fraction of sp³-hybridized carbons (Fsp3) is 0.375. The molecule has 0 spiro atoms. The van der Waals surface area contributed by atoms with E-state index in [-0.39, 0.29) is 6.10 Å². The minimum Gasteiger partial charge on any atom is -0.393 e. The van der Waals surface area contributed by atoms with E-state index in [0.717, 1.165) is 10.2 Å². The van der Waals surface area contributed by atoms with Crippen LogP contribution in [0.3, 0.4) is 0 Å². The summed E-state index contributed by atoms with van der Waals surface area (Å²) in [6, 6.07) is 3.81. The third kappa shape index (κ3) is 2.60. The molecule has 1 heterocycles. The largest absolute Gasteiger partial charge is 0.393 e. The molecule has 1 N–H and O–H groups in total. The molecule has 0 amide bonds. The minimum absolute atomic E-state index is 0.310. The Labute approximate surface area is 74.4 Å². The monoisotopic (exact) mass is 215 g/mol. The molecule has 0 fully saturated rings. The summed E-state index contributed by atoms with van der Waals surface area (Å²) in [5.74, 6) is 0. The van der Waals surface area contributed by atoms with Crippen LogP contribution in [0.5, 0.6) is 0 Å². The predicted molar refractivity (Wildman–Crippen MR) is 47.3 cm³/mol. The Balaban J connectivity index is 2.78. The second-order valence-electron chi connectivity index (χ2n) is 2.51. The number of hydrogen-bond donors (Lipinski definition) is 1. The average Bonchev–Trinajstić information content (AvgIpc) is 1.93. The number of nitrogens with zero attached hydrogens (tertiary/aromatic N) is 1. The first kappa shape index (κ1) is 8.68. The van der Waals surface area contributed by atoms with Crippen LogP contribution in [0.4, 0.5) is 0 Å². The van der Waals surface area contributed by atoms with Gasteiger partial charge in [-0.25, -0.2) is 4.98 Å². The quantitative estimate of drug-likeness (QED) is 0.764. The van der Waals surface area contributed by atoms with Crippen LogP contribution in [0.1, 0.15) is 12.5 Å². The van der Waals surface area contributed by atoms with Crippen molar-refractivity contribution in [1.29, 1.82) is 0 Å². The molecule has 0 aliphatic rings. The number of aliphatic hydroxyl groups excluding tert-OH is 1. The van der Waals surface area contributed by atoms with Gasteiger partial charge in [0.15, 0.2) is 0 Å². The molecule has 3 heteroatoms.